The van der Waals surface area contributed by atoms with Gasteiger partial charge in [-0.1, -0.05) is 6.07 Å². The molecule has 3 nitrogen and oxygen atoms in total. The molecule has 0 aliphatic carbocycles. The molecule has 1 fully saturated rings. The van der Waals surface area contributed by atoms with E-state index in [4.69, 9.17) is 16.3 Å². The van der Waals surface area contributed by atoms with E-state index in [2.05, 4.69) is 48.5 Å². The van der Waals surface area contributed by atoms with E-state index >= 15 is 0 Å². The number of ether oxygens (including phenoxy) is 1. The van der Waals surface area contributed by atoms with E-state index in [1.54, 1.807) is 0 Å². The molecule has 108 valence electrons. The van der Waals surface area contributed by atoms with Crippen molar-refractivity contribution in [1.29, 1.82) is 0 Å². The summed E-state index contributed by atoms with van der Waals surface area (Å²) in [5.74, 6) is 1.42. The van der Waals surface area contributed by atoms with Gasteiger partial charge in [-0.15, -0.1) is 11.6 Å². The molecule has 0 radical (unpaired) electrons. The summed E-state index contributed by atoms with van der Waals surface area (Å²) in [6, 6.07) is 6.81. The van der Waals surface area contributed by atoms with Crippen LogP contribution in [0.25, 0.3) is 11.0 Å². The van der Waals surface area contributed by atoms with Gasteiger partial charge in [0.1, 0.15) is 5.82 Å². The zero-order valence-electron chi connectivity index (χ0n) is 12.3. The van der Waals surface area contributed by atoms with Crippen molar-refractivity contribution in [2.45, 2.75) is 51.1 Å². The van der Waals surface area contributed by atoms with Gasteiger partial charge in [0.05, 0.1) is 22.5 Å². The minimum absolute atomic E-state index is 0.0765. The Morgan fingerprint density at radius 2 is 2.25 bits per heavy atom. The molecule has 1 unspecified atom stereocenters. The third kappa shape index (κ3) is 2.45. The summed E-state index contributed by atoms with van der Waals surface area (Å²) in [6.45, 7) is 7.23. The second-order valence-electron chi connectivity index (χ2n) is 6.28. The van der Waals surface area contributed by atoms with E-state index in [9.17, 15) is 0 Å². The maximum atomic E-state index is 6.12. The van der Waals surface area contributed by atoms with Crippen LogP contribution in [0, 0.1) is 6.92 Å². The van der Waals surface area contributed by atoms with E-state index in [1.165, 1.54) is 11.1 Å². The fraction of sp³-hybridized carbons (Fsp3) is 0.562. The van der Waals surface area contributed by atoms with Gasteiger partial charge in [-0.05, 0) is 51.3 Å². The molecule has 2 heterocycles. The molecule has 1 aromatic heterocycles. The summed E-state index contributed by atoms with van der Waals surface area (Å²) in [5, 5.41) is 0. The highest BCUT2D eigenvalue weighted by atomic mass is 35.5. The quantitative estimate of drug-likeness (QED) is 0.775. The lowest BCUT2D eigenvalue weighted by atomic mass is 9.93. The number of benzene rings is 1. The van der Waals surface area contributed by atoms with Gasteiger partial charge < -0.3 is 9.30 Å². The van der Waals surface area contributed by atoms with E-state index in [1.807, 2.05) is 0 Å². The molecule has 0 N–H and O–H groups in total. The number of hydrogen-bond acceptors (Lipinski definition) is 2. The Hall–Kier alpha value is -1.06. The summed E-state index contributed by atoms with van der Waals surface area (Å²) in [5.41, 5.74) is 3.41. The monoisotopic (exact) mass is 292 g/mol. The smallest absolute Gasteiger partial charge is 0.125 e. The average molecular weight is 293 g/mol. The fourth-order valence-corrected chi connectivity index (χ4v) is 3.36. The Kier molecular flexibility index (Phi) is 3.51. The molecule has 1 aromatic carbocycles. The number of aromatic nitrogens is 2. The highest BCUT2D eigenvalue weighted by molar-refractivity contribution is 6.16. The molecule has 0 amide bonds. The van der Waals surface area contributed by atoms with E-state index in [0.717, 1.165) is 30.8 Å². The van der Waals surface area contributed by atoms with E-state index < -0.39 is 0 Å². The average Bonchev–Trinajstić information content (AvgIpc) is 2.75. The van der Waals surface area contributed by atoms with Crippen LogP contribution in [-0.2, 0) is 10.6 Å². The van der Waals surface area contributed by atoms with Crippen LogP contribution < -0.4 is 0 Å². The van der Waals surface area contributed by atoms with Crippen molar-refractivity contribution in [2.75, 3.05) is 6.61 Å². The topological polar surface area (TPSA) is 27.1 Å². The van der Waals surface area contributed by atoms with Crippen molar-refractivity contribution >= 4 is 22.6 Å². The SMILES string of the molecule is Cc1ccc2nc(CCl)n(C3CCOC(C)(C)C3)c2c1. The molecular formula is C16H21ClN2O. The van der Waals surface area contributed by atoms with Crippen molar-refractivity contribution in [1.82, 2.24) is 9.55 Å². The molecule has 0 bridgehead atoms. The van der Waals surface area contributed by atoms with Gasteiger partial charge in [0, 0.05) is 12.6 Å². The van der Waals surface area contributed by atoms with Gasteiger partial charge in [0.25, 0.3) is 0 Å². The van der Waals surface area contributed by atoms with Gasteiger partial charge in [-0.2, -0.15) is 0 Å². The van der Waals surface area contributed by atoms with Gasteiger partial charge in [0.2, 0.25) is 0 Å². The van der Waals surface area contributed by atoms with Crippen LogP contribution in [0.3, 0.4) is 0 Å². The Morgan fingerprint density at radius 3 is 2.95 bits per heavy atom. The molecule has 1 atom stereocenters. The van der Waals surface area contributed by atoms with Crippen molar-refractivity contribution in [3.63, 3.8) is 0 Å². The first-order valence-electron chi connectivity index (χ1n) is 7.17. The van der Waals surface area contributed by atoms with E-state index in [-0.39, 0.29) is 5.60 Å². The van der Waals surface area contributed by atoms with Crippen LogP contribution in [-0.4, -0.2) is 21.8 Å². The van der Waals surface area contributed by atoms with Crippen LogP contribution in [0.15, 0.2) is 18.2 Å². The van der Waals surface area contributed by atoms with Crippen LogP contribution in [0.2, 0.25) is 0 Å². The van der Waals surface area contributed by atoms with Gasteiger partial charge >= 0.3 is 0 Å². The Morgan fingerprint density at radius 1 is 1.45 bits per heavy atom. The fourth-order valence-electron chi connectivity index (χ4n) is 3.17. The molecular weight excluding hydrogens is 272 g/mol. The number of halogens is 1. The second-order valence-corrected chi connectivity index (χ2v) is 6.55. The molecule has 1 aliphatic rings. The Bertz CT molecular complexity index is 633. The number of rotatable bonds is 2. The third-order valence-corrected chi connectivity index (χ3v) is 4.31. The first kappa shape index (κ1) is 13.9. The number of hydrogen-bond donors (Lipinski definition) is 0. The predicted octanol–water partition coefficient (Wildman–Crippen LogP) is 4.21. The molecule has 0 spiro atoms. The van der Waals surface area contributed by atoms with Crippen LogP contribution >= 0.6 is 11.6 Å². The summed E-state index contributed by atoms with van der Waals surface area (Å²) >= 11 is 6.12. The summed E-state index contributed by atoms with van der Waals surface area (Å²) in [4.78, 5) is 4.69. The highest BCUT2D eigenvalue weighted by Gasteiger charge is 2.31. The molecule has 1 saturated heterocycles. The number of fused-ring (bicyclic) bond motifs is 1. The zero-order chi connectivity index (χ0) is 14.3. The molecule has 3 rings (SSSR count). The minimum Gasteiger partial charge on any atom is -0.375 e. The predicted molar refractivity (Wildman–Crippen MR) is 82.3 cm³/mol. The Balaban J connectivity index is 2.11. The van der Waals surface area contributed by atoms with Crippen molar-refractivity contribution in [3.8, 4) is 0 Å². The maximum absolute atomic E-state index is 6.12. The highest BCUT2D eigenvalue weighted by Crippen LogP contribution is 2.35. The van der Waals surface area contributed by atoms with Crippen LogP contribution in [0.4, 0.5) is 0 Å². The standard InChI is InChI=1S/C16H21ClN2O/c1-11-4-5-13-14(8-11)19(15(10-17)18-13)12-6-7-20-16(2,3)9-12/h4-5,8,12H,6-7,9-10H2,1-3H3. The number of nitrogens with zero attached hydrogens (tertiary/aromatic N) is 2. The zero-order valence-corrected chi connectivity index (χ0v) is 13.1. The molecule has 4 heteroatoms. The first-order chi connectivity index (χ1) is 9.50. The van der Waals surface area contributed by atoms with Gasteiger partial charge in [0.15, 0.2) is 0 Å². The lowest BCUT2D eigenvalue weighted by Gasteiger charge is -2.36. The number of imidazole rings is 1. The van der Waals surface area contributed by atoms with Crippen molar-refractivity contribution < 1.29 is 4.74 Å². The van der Waals surface area contributed by atoms with Crippen molar-refractivity contribution in [3.05, 3.63) is 29.6 Å². The lowest BCUT2D eigenvalue weighted by molar-refractivity contribution is -0.0687. The molecule has 1 aliphatic heterocycles. The molecule has 2 aromatic rings. The van der Waals surface area contributed by atoms with Crippen LogP contribution in [0.5, 0.6) is 0 Å². The summed E-state index contributed by atoms with van der Waals surface area (Å²) in [7, 11) is 0. The van der Waals surface area contributed by atoms with E-state index in [0.29, 0.717) is 11.9 Å². The maximum Gasteiger partial charge on any atom is 0.125 e. The third-order valence-electron chi connectivity index (χ3n) is 4.07. The van der Waals surface area contributed by atoms with Gasteiger partial charge in [-0.3, -0.25) is 0 Å². The minimum atomic E-state index is -0.0765. The Labute approximate surface area is 124 Å². The lowest BCUT2D eigenvalue weighted by Crippen LogP contribution is -2.35. The van der Waals surface area contributed by atoms with Gasteiger partial charge in [-0.25, -0.2) is 4.98 Å². The molecule has 20 heavy (non-hydrogen) atoms. The normalized spacial score (nSPS) is 22.3. The second kappa shape index (κ2) is 5.05. The van der Waals surface area contributed by atoms with Crippen molar-refractivity contribution in [2.24, 2.45) is 0 Å². The number of alkyl halides is 1. The van der Waals surface area contributed by atoms with Crippen LogP contribution in [0.1, 0.15) is 44.1 Å². The summed E-state index contributed by atoms with van der Waals surface area (Å²) < 4.78 is 8.17. The first-order valence-corrected chi connectivity index (χ1v) is 7.71. The summed E-state index contributed by atoms with van der Waals surface area (Å²) in [6.07, 6.45) is 2.02. The number of aryl methyl sites for hydroxylation is 1. The largest absolute Gasteiger partial charge is 0.375 e. The molecule has 0 saturated carbocycles.